The van der Waals surface area contributed by atoms with Crippen LogP contribution in [0.2, 0.25) is 0 Å². The zero-order chi connectivity index (χ0) is 34.3. The van der Waals surface area contributed by atoms with Gasteiger partial charge in [0.25, 0.3) is 0 Å². The van der Waals surface area contributed by atoms with Crippen molar-refractivity contribution in [1.29, 1.82) is 0 Å². The lowest BCUT2D eigenvalue weighted by atomic mass is 10.2. The fourth-order valence-electron chi connectivity index (χ4n) is 3.44. The molecule has 0 atom stereocenters. The summed E-state index contributed by atoms with van der Waals surface area (Å²) < 4.78 is 70.2. The van der Waals surface area contributed by atoms with Crippen molar-refractivity contribution in [3.05, 3.63) is 48.6 Å². The molecule has 14 nitrogen and oxygen atoms in total. The zero-order valence-corrected chi connectivity index (χ0v) is 28.6. The van der Waals surface area contributed by atoms with Crippen molar-refractivity contribution in [2.24, 2.45) is 0 Å². The van der Waals surface area contributed by atoms with Crippen LogP contribution in [0.1, 0.15) is 10.4 Å². The second kappa shape index (κ2) is 37.8. The summed E-state index contributed by atoms with van der Waals surface area (Å²) in [6.07, 6.45) is 1.71. The lowest BCUT2D eigenvalue weighted by Gasteiger charge is -2.09. The highest BCUT2D eigenvalue weighted by atomic mass is 16.6. The molecule has 0 aliphatic rings. The van der Waals surface area contributed by atoms with E-state index in [1.807, 2.05) is 6.07 Å². The Bertz CT molecular complexity index is 801. The predicted octanol–water partition coefficient (Wildman–Crippen LogP) is 2.23. The van der Waals surface area contributed by atoms with Crippen LogP contribution in [-0.4, -0.2) is 171 Å². The van der Waals surface area contributed by atoms with Crippen molar-refractivity contribution in [2.45, 2.75) is 0 Å². The maximum Gasteiger partial charge on any atom is 0.338 e. The topological polar surface area (TPSA) is 137 Å². The minimum absolute atomic E-state index is 0.200. The van der Waals surface area contributed by atoms with Crippen LogP contribution in [0.4, 0.5) is 0 Å². The van der Waals surface area contributed by atoms with Crippen molar-refractivity contribution in [3.63, 3.8) is 0 Å². The van der Waals surface area contributed by atoms with E-state index in [0.717, 1.165) is 0 Å². The molecule has 1 rings (SSSR count). The van der Waals surface area contributed by atoms with Gasteiger partial charge in [0.2, 0.25) is 0 Å². The average Bonchev–Trinajstić information content (AvgIpc) is 3.11. The lowest BCUT2D eigenvalue weighted by Crippen LogP contribution is -2.15. The van der Waals surface area contributed by atoms with E-state index in [4.69, 9.17) is 61.6 Å². The number of esters is 1. The van der Waals surface area contributed by atoms with Gasteiger partial charge < -0.3 is 61.6 Å². The standard InChI is InChI=1S/C34H58O14/c1-2-8-36-9-10-37-11-12-38-13-14-39-15-16-40-17-18-41-19-20-42-21-22-43-23-24-44-25-26-45-27-28-46-29-30-47-31-32-48-34(35)33-6-4-3-5-7-33/h2-7H,1,8-32H2. The SMILES string of the molecule is C=CCOCCOCCOCCOCCOCCOCCOCCOCCOCCOCCOCCOCCOC(=O)c1ccccc1. The Kier molecular flexibility index (Phi) is 34.6. The second-order valence-corrected chi connectivity index (χ2v) is 9.60. The van der Waals surface area contributed by atoms with Gasteiger partial charge in [0.15, 0.2) is 0 Å². The summed E-state index contributed by atoms with van der Waals surface area (Å²) in [6, 6.07) is 8.85. The van der Waals surface area contributed by atoms with Gasteiger partial charge >= 0.3 is 5.97 Å². The molecule has 0 amide bonds. The summed E-state index contributed by atoms with van der Waals surface area (Å²) in [4.78, 5) is 11.8. The number of carbonyl (C=O) groups excluding carboxylic acids is 1. The lowest BCUT2D eigenvalue weighted by molar-refractivity contribution is -0.0286. The van der Waals surface area contributed by atoms with E-state index in [9.17, 15) is 4.79 Å². The third-order valence-corrected chi connectivity index (χ3v) is 5.80. The average molecular weight is 691 g/mol. The van der Waals surface area contributed by atoms with Crippen LogP contribution in [-0.2, 0) is 61.6 Å². The molecule has 48 heavy (non-hydrogen) atoms. The Morgan fingerprint density at radius 2 is 0.646 bits per heavy atom. The van der Waals surface area contributed by atoms with Gasteiger partial charge in [-0.1, -0.05) is 24.3 Å². The summed E-state index contributed by atoms with van der Waals surface area (Å²) >= 11 is 0. The molecule has 14 heteroatoms. The minimum atomic E-state index is -0.357. The van der Waals surface area contributed by atoms with Crippen LogP contribution in [0.15, 0.2) is 43.0 Å². The quantitative estimate of drug-likeness (QED) is 0.0567. The molecular formula is C34H58O14. The Labute approximate surface area is 286 Å². The summed E-state index contributed by atoms with van der Waals surface area (Å²) in [7, 11) is 0. The van der Waals surface area contributed by atoms with Gasteiger partial charge in [0.05, 0.1) is 164 Å². The Morgan fingerprint density at radius 1 is 0.396 bits per heavy atom. The third kappa shape index (κ3) is 32.5. The fourth-order valence-corrected chi connectivity index (χ4v) is 3.44. The van der Waals surface area contributed by atoms with Gasteiger partial charge in [-0.2, -0.15) is 0 Å². The zero-order valence-electron chi connectivity index (χ0n) is 28.6. The van der Waals surface area contributed by atoms with Crippen molar-refractivity contribution in [3.8, 4) is 0 Å². The fraction of sp³-hybridized carbons (Fsp3) is 0.735. The summed E-state index contributed by atoms with van der Waals surface area (Å²) in [5.41, 5.74) is 0.524. The van der Waals surface area contributed by atoms with Crippen molar-refractivity contribution < 1.29 is 66.4 Å². The first-order valence-electron chi connectivity index (χ1n) is 16.6. The van der Waals surface area contributed by atoms with Crippen LogP contribution in [0.25, 0.3) is 0 Å². The number of benzene rings is 1. The van der Waals surface area contributed by atoms with Gasteiger partial charge in [0.1, 0.15) is 6.61 Å². The number of ether oxygens (including phenoxy) is 13. The highest BCUT2D eigenvalue weighted by Crippen LogP contribution is 2.00. The molecule has 0 heterocycles. The molecule has 1 aromatic rings. The Morgan fingerprint density at radius 3 is 0.917 bits per heavy atom. The molecule has 0 bridgehead atoms. The number of carbonyl (C=O) groups is 1. The molecule has 0 saturated carbocycles. The normalized spacial score (nSPS) is 11.2. The van der Waals surface area contributed by atoms with Crippen molar-refractivity contribution >= 4 is 5.97 Å². The highest BCUT2D eigenvalue weighted by molar-refractivity contribution is 5.89. The maximum atomic E-state index is 11.8. The van der Waals surface area contributed by atoms with Gasteiger partial charge in [0, 0.05) is 0 Å². The number of hydrogen-bond acceptors (Lipinski definition) is 14. The Balaban J connectivity index is 1.63. The molecule has 0 N–H and O–H groups in total. The van der Waals surface area contributed by atoms with Crippen LogP contribution >= 0.6 is 0 Å². The first-order chi connectivity index (χ1) is 23.8. The van der Waals surface area contributed by atoms with Crippen LogP contribution in [0.5, 0.6) is 0 Å². The Hall–Kier alpha value is -2.05. The molecule has 0 aliphatic heterocycles. The largest absolute Gasteiger partial charge is 0.460 e. The monoisotopic (exact) mass is 690 g/mol. The molecule has 0 radical (unpaired) electrons. The van der Waals surface area contributed by atoms with E-state index in [0.29, 0.717) is 164 Å². The smallest absolute Gasteiger partial charge is 0.338 e. The van der Waals surface area contributed by atoms with E-state index in [2.05, 4.69) is 6.58 Å². The molecule has 278 valence electrons. The second-order valence-electron chi connectivity index (χ2n) is 9.60. The van der Waals surface area contributed by atoms with Crippen molar-refractivity contribution in [1.82, 2.24) is 0 Å². The molecule has 1 aromatic carbocycles. The molecule has 0 aromatic heterocycles. The molecule has 0 saturated heterocycles. The van der Waals surface area contributed by atoms with E-state index < -0.39 is 0 Å². The van der Waals surface area contributed by atoms with Gasteiger partial charge in [-0.25, -0.2) is 4.79 Å². The maximum absolute atomic E-state index is 11.8. The first kappa shape index (κ1) is 44.0. The summed E-state index contributed by atoms with van der Waals surface area (Å²) in [5, 5.41) is 0. The van der Waals surface area contributed by atoms with E-state index in [-0.39, 0.29) is 12.6 Å². The number of rotatable bonds is 39. The summed E-state index contributed by atoms with van der Waals surface area (Å²) in [6.45, 7) is 15.6. The van der Waals surface area contributed by atoms with E-state index in [1.165, 1.54) is 0 Å². The van der Waals surface area contributed by atoms with E-state index in [1.54, 1.807) is 30.3 Å². The molecule has 0 fully saturated rings. The third-order valence-electron chi connectivity index (χ3n) is 5.80. The van der Waals surface area contributed by atoms with Crippen LogP contribution in [0.3, 0.4) is 0 Å². The first-order valence-corrected chi connectivity index (χ1v) is 16.6. The summed E-state index contributed by atoms with van der Waals surface area (Å²) in [5.74, 6) is -0.357. The molecule has 0 aliphatic carbocycles. The minimum Gasteiger partial charge on any atom is -0.460 e. The molecular weight excluding hydrogens is 632 g/mol. The highest BCUT2D eigenvalue weighted by Gasteiger charge is 2.05. The molecule has 0 unspecified atom stereocenters. The predicted molar refractivity (Wildman–Crippen MR) is 177 cm³/mol. The van der Waals surface area contributed by atoms with Crippen LogP contribution < -0.4 is 0 Å². The van der Waals surface area contributed by atoms with Gasteiger partial charge in [-0.3, -0.25) is 0 Å². The van der Waals surface area contributed by atoms with Crippen LogP contribution in [0, 0.1) is 0 Å². The molecule has 0 spiro atoms. The van der Waals surface area contributed by atoms with Gasteiger partial charge in [-0.15, -0.1) is 6.58 Å². The van der Waals surface area contributed by atoms with E-state index >= 15 is 0 Å². The van der Waals surface area contributed by atoms with Gasteiger partial charge in [-0.05, 0) is 12.1 Å². The van der Waals surface area contributed by atoms with Crippen molar-refractivity contribution in [2.75, 3.05) is 165 Å². The number of hydrogen-bond donors (Lipinski definition) is 0.